The molecule has 0 spiro atoms. The molecule has 23 heavy (non-hydrogen) atoms. The topological polar surface area (TPSA) is 41.5 Å². The highest BCUT2D eigenvalue weighted by Gasteiger charge is 2.29. The van der Waals surface area contributed by atoms with Crippen molar-refractivity contribution in [1.82, 2.24) is 5.32 Å². The third-order valence-corrected chi connectivity index (χ3v) is 4.15. The minimum Gasteiger partial charge on any atom is -0.487 e. The van der Waals surface area contributed by atoms with E-state index in [2.05, 4.69) is 37.4 Å². The summed E-state index contributed by atoms with van der Waals surface area (Å²) in [5.74, 6) is 1.00. The SMILES string of the molecule is CC1(C)Cc2cc(CNCC(O)Cc3ccccc3)ccc2O1. The van der Waals surface area contributed by atoms with Gasteiger partial charge in [-0.3, -0.25) is 0 Å². The molecule has 0 saturated heterocycles. The second-order valence-corrected chi connectivity index (χ2v) is 6.96. The predicted octanol–water partition coefficient (Wildman–Crippen LogP) is 3.09. The molecule has 3 rings (SSSR count). The van der Waals surface area contributed by atoms with Crippen molar-refractivity contribution in [3.63, 3.8) is 0 Å². The predicted molar refractivity (Wildman–Crippen MR) is 92.7 cm³/mol. The van der Waals surface area contributed by atoms with Gasteiger partial charge < -0.3 is 15.2 Å². The van der Waals surface area contributed by atoms with E-state index in [1.54, 1.807) is 0 Å². The summed E-state index contributed by atoms with van der Waals surface area (Å²) in [6, 6.07) is 16.5. The van der Waals surface area contributed by atoms with Gasteiger partial charge in [-0.05, 0) is 43.0 Å². The summed E-state index contributed by atoms with van der Waals surface area (Å²) in [6.45, 7) is 5.59. The summed E-state index contributed by atoms with van der Waals surface area (Å²) in [4.78, 5) is 0. The third kappa shape index (κ3) is 4.34. The molecule has 0 amide bonds. The molecule has 122 valence electrons. The summed E-state index contributed by atoms with van der Waals surface area (Å²) >= 11 is 0. The Labute approximate surface area is 138 Å². The molecular weight excluding hydrogens is 286 g/mol. The molecule has 1 heterocycles. The average molecular weight is 311 g/mol. The Kier molecular flexibility index (Phi) is 4.69. The molecule has 1 unspecified atom stereocenters. The lowest BCUT2D eigenvalue weighted by atomic mass is 10.0. The average Bonchev–Trinajstić information content (AvgIpc) is 2.81. The second kappa shape index (κ2) is 6.73. The zero-order chi connectivity index (χ0) is 16.3. The van der Waals surface area contributed by atoms with Gasteiger partial charge in [0.1, 0.15) is 11.4 Å². The van der Waals surface area contributed by atoms with Crippen LogP contribution in [0.4, 0.5) is 0 Å². The molecular formula is C20H25NO2. The van der Waals surface area contributed by atoms with E-state index in [-0.39, 0.29) is 11.7 Å². The number of rotatable bonds is 6. The highest BCUT2D eigenvalue weighted by Crippen LogP contribution is 2.35. The molecule has 0 saturated carbocycles. The monoisotopic (exact) mass is 311 g/mol. The van der Waals surface area contributed by atoms with Gasteiger partial charge in [0.2, 0.25) is 0 Å². The van der Waals surface area contributed by atoms with Gasteiger partial charge in [-0.2, -0.15) is 0 Å². The summed E-state index contributed by atoms with van der Waals surface area (Å²) in [7, 11) is 0. The number of hydrogen-bond donors (Lipinski definition) is 2. The maximum atomic E-state index is 10.1. The maximum Gasteiger partial charge on any atom is 0.123 e. The van der Waals surface area contributed by atoms with Gasteiger partial charge >= 0.3 is 0 Å². The minimum absolute atomic E-state index is 0.0970. The first-order chi connectivity index (χ1) is 11.0. The van der Waals surface area contributed by atoms with Crippen molar-refractivity contribution in [3.05, 3.63) is 65.2 Å². The molecule has 1 aliphatic rings. The van der Waals surface area contributed by atoms with Crippen molar-refractivity contribution < 1.29 is 9.84 Å². The van der Waals surface area contributed by atoms with Gasteiger partial charge in [-0.15, -0.1) is 0 Å². The number of nitrogens with one attached hydrogen (secondary N) is 1. The number of hydrogen-bond acceptors (Lipinski definition) is 3. The second-order valence-electron chi connectivity index (χ2n) is 6.96. The first-order valence-electron chi connectivity index (χ1n) is 8.25. The summed E-state index contributed by atoms with van der Waals surface area (Å²) in [6.07, 6.45) is 1.27. The lowest BCUT2D eigenvalue weighted by Crippen LogP contribution is -2.28. The zero-order valence-electron chi connectivity index (χ0n) is 13.9. The molecule has 2 aromatic carbocycles. The van der Waals surface area contributed by atoms with Crippen LogP contribution in [0, 0.1) is 0 Å². The molecule has 2 N–H and O–H groups in total. The summed E-state index contributed by atoms with van der Waals surface area (Å²) < 4.78 is 5.90. The summed E-state index contributed by atoms with van der Waals surface area (Å²) in [5.41, 5.74) is 3.58. The number of ether oxygens (including phenoxy) is 1. The van der Waals surface area contributed by atoms with Crippen molar-refractivity contribution in [1.29, 1.82) is 0 Å². The van der Waals surface area contributed by atoms with Crippen LogP contribution in [0.1, 0.15) is 30.5 Å². The Hall–Kier alpha value is -1.84. The molecule has 3 heteroatoms. The van der Waals surface area contributed by atoms with Crippen LogP contribution in [0.15, 0.2) is 48.5 Å². The van der Waals surface area contributed by atoms with Gasteiger partial charge in [-0.1, -0.05) is 42.5 Å². The van der Waals surface area contributed by atoms with E-state index in [9.17, 15) is 5.11 Å². The van der Waals surface area contributed by atoms with Crippen molar-refractivity contribution in [2.45, 2.75) is 44.9 Å². The van der Waals surface area contributed by atoms with E-state index in [1.165, 1.54) is 16.7 Å². The number of aliphatic hydroxyl groups is 1. The Morgan fingerprint density at radius 1 is 1.13 bits per heavy atom. The Balaban J connectivity index is 1.48. The fraction of sp³-hybridized carbons (Fsp3) is 0.400. The van der Waals surface area contributed by atoms with Crippen molar-refractivity contribution >= 4 is 0 Å². The van der Waals surface area contributed by atoms with Crippen LogP contribution in [0.3, 0.4) is 0 Å². The van der Waals surface area contributed by atoms with Crippen molar-refractivity contribution in [2.75, 3.05) is 6.54 Å². The Morgan fingerprint density at radius 3 is 2.70 bits per heavy atom. The van der Waals surface area contributed by atoms with Crippen LogP contribution in [0.2, 0.25) is 0 Å². The standard InChI is InChI=1S/C20H25NO2/c1-20(2)12-17-10-16(8-9-19(17)23-20)13-21-14-18(22)11-15-6-4-3-5-7-15/h3-10,18,21-22H,11-14H2,1-2H3. The Morgan fingerprint density at radius 2 is 1.91 bits per heavy atom. The first-order valence-corrected chi connectivity index (χ1v) is 8.25. The highest BCUT2D eigenvalue weighted by molar-refractivity contribution is 5.41. The van der Waals surface area contributed by atoms with E-state index in [0.717, 1.165) is 18.7 Å². The number of fused-ring (bicyclic) bond motifs is 1. The quantitative estimate of drug-likeness (QED) is 0.861. The smallest absolute Gasteiger partial charge is 0.123 e. The van der Waals surface area contributed by atoms with Gasteiger partial charge in [0, 0.05) is 19.5 Å². The van der Waals surface area contributed by atoms with Crippen LogP contribution in [0.25, 0.3) is 0 Å². The van der Waals surface area contributed by atoms with E-state index in [0.29, 0.717) is 13.0 Å². The molecule has 0 aromatic heterocycles. The largest absolute Gasteiger partial charge is 0.487 e. The fourth-order valence-corrected chi connectivity index (χ4v) is 3.11. The number of benzene rings is 2. The van der Waals surface area contributed by atoms with Gasteiger partial charge in [0.15, 0.2) is 0 Å². The normalized spacial score (nSPS) is 16.7. The fourth-order valence-electron chi connectivity index (χ4n) is 3.11. The lowest BCUT2D eigenvalue weighted by molar-refractivity contribution is 0.138. The maximum absolute atomic E-state index is 10.1. The van der Waals surface area contributed by atoms with E-state index in [1.807, 2.05) is 30.3 Å². The third-order valence-electron chi connectivity index (χ3n) is 4.15. The molecule has 0 bridgehead atoms. The molecule has 3 nitrogen and oxygen atoms in total. The minimum atomic E-state index is -0.367. The van der Waals surface area contributed by atoms with Gasteiger partial charge in [0.05, 0.1) is 6.10 Å². The van der Waals surface area contributed by atoms with Crippen molar-refractivity contribution in [3.8, 4) is 5.75 Å². The highest BCUT2D eigenvalue weighted by atomic mass is 16.5. The van der Waals surface area contributed by atoms with Crippen LogP contribution in [0.5, 0.6) is 5.75 Å². The molecule has 0 radical (unpaired) electrons. The molecule has 1 aliphatic heterocycles. The van der Waals surface area contributed by atoms with Gasteiger partial charge in [-0.25, -0.2) is 0 Å². The molecule has 0 aliphatic carbocycles. The van der Waals surface area contributed by atoms with Gasteiger partial charge in [0.25, 0.3) is 0 Å². The molecule has 0 fully saturated rings. The van der Waals surface area contributed by atoms with E-state index in [4.69, 9.17) is 4.74 Å². The van der Waals surface area contributed by atoms with E-state index >= 15 is 0 Å². The molecule has 1 atom stereocenters. The van der Waals surface area contributed by atoms with Crippen LogP contribution >= 0.6 is 0 Å². The lowest BCUT2D eigenvalue weighted by Gasteiger charge is -2.16. The summed E-state index contributed by atoms with van der Waals surface area (Å²) in [5, 5.41) is 13.5. The van der Waals surface area contributed by atoms with Crippen LogP contribution in [-0.4, -0.2) is 23.4 Å². The number of aliphatic hydroxyl groups excluding tert-OH is 1. The van der Waals surface area contributed by atoms with Crippen LogP contribution in [-0.2, 0) is 19.4 Å². The first kappa shape index (κ1) is 16.0. The molecule has 2 aromatic rings. The Bertz CT molecular complexity index is 652. The zero-order valence-corrected chi connectivity index (χ0v) is 13.9. The van der Waals surface area contributed by atoms with Crippen LogP contribution < -0.4 is 10.1 Å². The van der Waals surface area contributed by atoms with Crippen molar-refractivity contribution in [2.24, 2.45) is 0 Å². The van der Waals surface area contributed by atoms with E-state index < -0.39 is 0 Å².